The maximum absolute atomic E-state index is 12.1. The van der Waals surface area contributed by atoms with Gasteiger partial charge in [-0.2, -0.15) is 0 Å². The van der Waals surface area contributed by atoms with Crippen molar-refractivity contribution in [2.75, 3.05) is 25.6 Å². The maximum atomic E-state index is 12.1. The summed E-state index contributed by atoms with van der Waals surface area (Å²) in [5.74, 6) is -1.39. The molecule has 0 radical (unpaired) electrons. The second kappa shape index (κ2) is 9.43. The first kappa shape index (κ1) is 19.3. The molecule has 0 atom stereocenters. The zero-order chi connectivity index (χ0) is 18.9. The summed E-state index contributed by atoms with van der Waals surface area (Å²) >= 11 is 5.92. The fourth-order valence-corrected chi connectivity index (χ4v) is 2.21. The van der Waals surface area contributed by atoms with Gasteiger partial charge in [0.2, 0.25) is 0 Å². The van der Waals surface area contributed by atoms with Gasteiger partial charge >= 0.3 is 5.97 Å². The molecule has 26 heavy (non-hydrogen) atoms. The molecule has 0 spiro atoms. The van der Waals surface area contributed by atoms with Crippen LogP contribution in [-0.4, -0.2) is 38.0 Å². The van der Waals surface area contributed by atoms with Gasteiger partial charge in [0.05, 0.1) is 23.4 Å². The van der Waals surface area contributed by atoms with Crippen LogP contribution in [0.15, 0.2) is 48.5 Å². The van der Waals surface area contributed by atoms with Gasteiger partial charge in [0.25, 0.3) is 11.8 Å². The number of benzene rings is 2. The van der Waals surface area contributed by atoms with E-state index < -0.39 is 24.4 Å². The van der Waals surface area contributed by atoms with E-state index in [0.717, 1.165) is 0 Å². The SMILES string of the molecule is COc1ccccc1C(=O)NCC(=O)OCC(=O)Nc1ccccc1Cl. The smallest absolute Gasteiger partial charge is 0.325 e. The van der Waals surface area contributed by atoms with E-state index in [1.165, 1.54) is 7.11 Å². The Morgan fingerprint density at radius 2 is 1.73 bits per heavy atom. The fraction of sp³-hybridized carbons (Fsp3) is 0.167. The minimum atomic E-state index is -0.748. The first-order valence-corrected chi connectivity index (χ1v) is 8.00. The van der Waals surface area contributed by atoms with E-state index in [0.29, 0.717) is 22.0 Å². The van der Waals surface area contributed by atoms with Gasteiger partial charge in [-0.05, 0) is 24.3 Å². The second-order valence-electron chi connectivity index (χ2n) is 5.07. The van der Waals surface area contributed by atoms with E-state index in [4.69, 9.17) is 21.1 Å². The van der Waals surface area contributed by atoms with Crippen molar-refractivity contribution < 1.29 is 23.9 Å². The number of carbonyl (C=O) groups is 3. The normalized spacial score (nSPS) is 9.92. The Morgan fingerprint density at radius 3 is 2.46 bits per heavy atom. The lowest BCUT2D eigenvalue weighted by Crippen LogP contribution is -2.32. The van der Waals surface area contributed by atoms with Gasteiger partial charge in [0, 0.05) is 0 Å². The van der Waals surface area contributed by atoms with Gasteiger partial charge in [-0.15, -0.1) is 0 Å². The van der Waals surface area contributed by atoms with Crippen LogP contribution in [0.25, 0.3) is 0 Å². The van der Waals surface area contributed by atoms with Crippen molar-refractivity contribution in [3.05, 3.63) is 59.1 Å². The molecule has 2 aromatic rings. The number of rotatable bonds is 7. The minimum absolute atomic E-state index is 0.291. The first-order valence-electron chi connectivity index (χ1n) is 7.62. The summed E-state index contributed by atoms with van der Waals surface area (Å²) in [4.78, 5) is 35.5. The van der Waals surface area contributed by atoms with Crippen LogP contribution in [-0.2, 0) is 14.3 Å². The van der Waals surface area contributed by atoms with Crippen molar-refractivity contribution in [1.29, 1.82) is 0 Å². The van der Waals surface area contributed by atoms with Crippen molar-refractivity contribution in [1.82, 2.24) is 5.32 Å². The summed E-state index contributed by atoms with van der Waals surface area (Å²) in [7, 11) is 1.44. The average molecular weight is 377 g/mol. The lowest BCUT2D eigenvalue weighted by atomic mass is 10.2. The lowest BCUT2D eigenvalue weighted by Gasteiger charge is -2.10. The van der Waals surface area contributed by atoms with Gasteiger partial charge in [-0.3, -0.25) is 14.4 Å². The molecule has 0 bridgehead atoms. The van der Waals surface area contributed by atoms with E-state index in [-0.39, 0.29) is 6.54 Å². The Morgan fingerprint density at radius 1 is 1.04 bits per heavy atom. The monoisotopic (exact) mass is 376 g/mol. The molecular weight excluding hydrogens is 360 g/mol. The number of carbonyl (C=O) groups excluding carboxylic acids is 3. The number of esters is 1. The largest absolute Gasteiger partial charge is 0.496 e. The van der Waals surface area contributed by atoms with E-state index in [1.807, 2.05) is 0 Å². The lowest BCUT2D eigenvalue weighted by molar-refractivity contribution is -0.146. The van der Waals surface area contributed by atoms with Crippen LogP contribution in [0.5, 0.6) is 5.75 Å². The molecule has 0 aromatic heterocycles. The van der Waals surface area contributed by atoms with Crippen molar-refractivity contribution in [2.45, 2.75) is 0 Å². The van der Waals surface area contributed by atoms with Crippen LogP contribution in [0.4, 0.5) is 5.69 Å². The third kappa shape index (κ3) is 5.49. The van der Waals surface area contributed by atoms with Crippen molar-refractivity contribution in [3.63, 3.8) is 0 Å². The standard InChI is InChI=1S/C18H17ClN2O5/c1-25-15-9-5-2-6-12(15)18(24)20-10-17(23)26-11-16(22)21-14-8-4-3-7-13(14)19/h2-9H,10-11H2,1H3,(H,20,24)(H,21,22). The number of halogens is 1. The topological polar surface area (TPSA) is 93.7 Å². The predicted octanol–water partition coefficient (Wildman–Crippen LogP) is 2.26. The fourth-order valence-electron chi connectivity index (χ4n) is 2.03. The molecule has 2 aromatic carbocycles. The quantitative estimate of drug-likeness (QED) is 0.723. The number of methoxy groups -OCH3 is 1. The Labute approximate surface area is 155 Å². The van der Waals surface area contributed by atoms with Gasteiger partial charge in [-0.1, -0.05) is 35.9 Å². The van der Waals surface area contributed by atoms with Gasteiger partial charge in [0.15, 0.2) is 6.61 Å². The zero-order valence-corrected chi connectivity index (χ0v) is 14.7. The van der Waals surface area contributed by atoms with Crippen LogP contribution in [0.3, 0.4) is 0 Å². The molecule has 0 saturated carbocycles. The second-order valence-corrected chi connectivity index (χ2v) is 5.48. The summed E-state index contributed by atoms with van der Waals surface area (Å²) in [5.41, 5.74) is 0.707. The van der Waals surface area contributed by atoms with E-state index in [1.54, 1.807) is 48.5 Å². The highest BCUT2D eigenvalue weighted by Gasteiger charge is 2.14. The van der Waals surface area contributed by atoms with Gasteiger partial charge in [0.1, 0.15) is 12.3 Å². The van der Waals surface area contributed by atoms with Crippen molar-refractivity contribution in [3.8, 4) is 5.75 Å². The molecule has 0 saturated heterocycles. The van der Waals surface area contributed by atoms with Crippen molar-refractivity contribution >= 4 is 35.1 Å². The Balaban J connectivity index is 1.77. The summed E-state index contributed by atoms with van der Waals surface area (Å²) in [6.07, 6.45) is 0. The number of para-hydroxylation sites is 2. The molecule has 0 unspecified atom stereocenters. The van der Waals surface area contributed by atoms with Crippen molar-refractivity contribution in [2.24, 2.45) is 0 Å². The third-order valence-corrected chi connectivity index (χ3v) is 3.59. The van der Waals surface area contributed by atoms with E-state index in [9.17, 15) is 14.4 Å². The summed E-state index contributed by atoms with van der Waals surface area (Å²) in [6, 6.07) is 13.3. The molecule has 2 amide bonds. The molecule has 7 nitrogen and oxygen atoms in total. The van der Waals surface area contributed by atoms with Crippen LogP contribution < -0.4 is 15.4 Å². The summed E-state index contributed by atoms with van der Waals surface area (Å²) in [6.45, 7) is -0.870. The Hall–Kier alpha value is -3.06. The zero-order valence-electron chi connectivity index (χ0n) is 14.0. The Kier molecular flexibility index (Phi) is 6.99. The number of hydrogen-bond acceptors (Lipinski definition) is 5. The third-order valence-electron chi connectivity index (χ3n) is 3.26. The number of ether oxygens (including phenoxy) is 2. The summed E-state index contributed by atoms with van der Waals surface area (Å²) in [5, 5.41) is 5.30. The molecule has 0 fully saturated rings. The van der Waals surface area contributed by atoms with Crippen LogP contribution in [0, 0.1) is 0 Å². The predicted molar refractivity (Wildman–Crippen MR) is 96.4 cm³/mol. The number of anilines is 1. The summed E-state index contributed by atoms with van der Waals surface area (Å²) < 4.78 is 9.90. The molecule has 136 valence electrons. The maximum Gasteiger partial charge on any atom is 0.325 e. The molecule has 0 aliphatic rings. The molecule has 0 aliphatic heterocycles. The molecule has 8 heteroatoms. The molecule has 2 rings (SSSR count). The van der Waals surface area contributed by atoms with Crippen LogP contribution >= 0.6 is 11.6 Å². The number of amides is 2. The van der Waals surface area contributed by atoms with Crippen LogP contribution in [0.1, 0.15) is 10.4 Å². The van der Waals surface area contributed by atoms with Gasteiger partial charge in [-0.25, -0.2) is 0 Å². The van der Waals surface area contributed by atoms with E-state index in [2.05, 4.69) is 10.6 Å². The Bertz CT molecular complexity index is 810. The highest BCUT2D eigenvalue weighted by atomic mass is 35.5. The first-order chi connectivity index (χ1) is 12.5. The van der Waals surface area contributed by atoms with Crippen LogP contribution in [0.2, 0.25) is 5.02 Å². The van der Waals surface area contributed by atoms with E-state index >= 15 is 0 Å². The molecule has 0 heterocycles. The van der Waals surface area contributed by atoms with Gasteiger partial charge < -0.3 is 20.1 Å². The minimum Gasteiger partial charge on any atom is -0.496 e. The molecule has 0 aliphatic carbocycles. The number of nitrogens with one attached hydrogen (secondary N) is 2. The highest BCUT2D eigenvalue weighted by Crippen LogP contribution is 2.20. The average Bonchev–Trinajstić information content (AvgIpc) is 2.66. The molecular formula is C18H17ClN2O5. The molecule has 2 N–H and O–H groups in total. The highest BCUT2D eigenvalue weighted by molar-refractivity contribution is 6.33. The number of hydrogen-bond donors (Lipinski definition) is 2.